The predicted octanol–water partition coefficient (Wildman–Crippen LogP) is 17.0. The van der Waals surface area contributed by atoms with Crippen LogP contribution in [0.1, 0.15) is 329 Å². The average molecular weight is 1130 g/mol. The van der Waals surface area contributed by atoms with Crippen LogP contribution in [0.3, 0.4) is 0 Å². The third-order valence-corrected chi connectivity index (χ3v) is 16.3. The van der Waals surface area contributed by atoms with Crippen molar-refractivity contribution in [2.45, 2.75) is 378 Å². The highest BCUT2D eigenvalue weighted by Crippen LogP contribution is 2.26. The number of aliphatic hydroxyl groups excluding tert-OH is 5. The molecule has 0 aliphatic carbocycles. The summed E-state index contributed by atoms with van der Waals surface area (Å²) in [7, 11) is 0. The summed E-state index contributed by atoms with van der Waals surface area (Å²) in [6, 6.07) is -1.03. The Labute approximate surface area is 492 Å². The smallest absolute Gasteiger partial charge is 0.306 e. The second-order valence-corrected chi connectivity index (χ2v) is 23.9. The summed E-state index contributed by atoms with van der Waals surface area (Å²) in [5.74, 6) is -1.20. The first-order chi connectivity index (χ1) is 39.2. The fraction of sp³-hybridized carbons (Fsp3) is 0.884. The van der Waals surface area contributed by atoms with Crippen LogP contribution >= 0.6 is 0 Å². The Morgan fingerprint density at radius 1 is 0.475 bits per heavy atom. The number of hydrogen-bond acceptors (Lipinski definition) is 10. The first kappa shape index (κ1) is 75.9. The van der Waals surface area contributed by atoms with Gasteiger partial charge in [0.2, 0.25) is 5.91 Å². The standard InChI is InChI=1S/C69H129NO10/c1-4-7-10-13-16-19-22-25-26-27-28-29-30-31-32-33-34-35-36-37-38-39-42-45-48-51-54-57-64(74)80-67-66(76)65(75)63(58-71)79-69(67)78-59-60(61(72)55-52-49-46-43-40-23-20-17-14-11-8-5-2)70-68(77)62(73)56-53-50-47-44-41-24-21-18-15-12-9-6-3/h25-26,41,44,52,55,60-63,65-67,69,71-73,75-76H,4-24,27-40,42-43,45-51,53-54,56-59H2,1-3H3,(H,70,77)/b26-25+,44-41-,55-52+. The van der Waals surface area contributed by atoms with E-state index < -0.39 is 67.4 Å². The minimum atomic E-state index is -1.61. The van der Waals surface area contributed by atoms with Gasteiger partial charge < -0.3 is 45.1 Å². The Bertz CT molecular complexity index is 1440. The highest BCUT2D eigenvalue weighted by Gasteiger charge is 2.47. The van der Waals surface area contributed by atoms with Crippen molar-refractivity contribution in [3.05, 3.63) is 36.5 Å². The van der Waals surface area contributed by atoms with Crippen LogP contribution < -0.4 is 5.32 Å². The topological polar surface area (TPSA) is 175 Å². The van der Waals surface area contributed by atoms with Crippen molar-refractivity contribution in [3.8, 4) is 0 Å². The number of amides is 1. The summed E-state index contributed by atoms with van der Waals surface area (Å²) in [5.41, 5.74) is 0. The molecule has 0 aromatic carbocycles. The molecular weight excluding hydrogens is 1000 g/mol. The Morgan fingerprint density at radius 2 is 0.825 bits per heavy atom. The molecule has 0 saturated carbocycles. The zero-order chi connectivity index (χ0) is 58.2. The number of esters is 1. The van der Waals surface area contributed by atoms with E-state index in [0.29, 0.717) is 12.8 Å². The van der Waals surface area contributed by atoms with Crippen molar-refractivity contribution in [2.75, 3.05) is 13.2 Å². The maximum atomic E-state index is 13.4. The van der Waals surface area contributed by atoms with Gasteiger partial charge in [-0.1, -0.05) is 282 Å². The van der Waals surface area contributed by atoms with E-state index in [1.807, 2.05) is 6.08 Å². The van der Waals surface area contributed by atoms with Gasteiger partial charge in [0.25, 0.3) is 0 Å². The quantitative estimate of drug-likeness (QED) is 0.0195. The molecule has 6 N–H and O–H groups in total. The molecule has 0 bridgehead atoms. The molecule has 1 heterocycles. The van der Waals surface area contributed by atoms with Gasteiger partial charge in [-0.15, -0.1) is 0 Å². The molecule has 11 heteroatoms. The monoisotopic (exact) mass is 1130 g/mol. The largest absolute Gasteiger partial charge is 0.454 e. The number of nitrogens with one attached hydrogen (secondary N) is 1. The van der Waals surface area contributed by atoms with Crippen LogP contribution in [0.15, 0.2) is 36.5 Å². The molecule has 0 radical (unpaired) electrons. The molecule has 1 aliphatic heterocycles. The number of rotatable bonds is 59. The summed E-state index contributed by atoms with van der Waals surface area (Å²) in [4.78, 5) is 26.6. The van der Waals surface area contributed by atoms with Crippen LogP contribution in [0, 0.1) is 0 Å². The lowest BCUT2D eigenvalue weighted by Gasteiger charge is -2.41. The molecule has 11 nitrogen and oxygen atoms in total. The number of aliphatic hydroxyl groups is 5. The van der Waals surface area contributed by atoms with E-state index in [9.17, 15) is 35.1 Å². The Balaban J connectivity index is 2.52. The van der Waals surface area contributed by atoms with Crippen LogP contribution in [0.25, 0.3) is 0 Å². The van der Waals surface area contributed by atoms with Gasteiger partial charge in [-0.25, -0.2) is 0 Å². The molecule has 1 aliphatic rings. The summed E-state index contributed by atoms with van der Waals surface area (Å²) < 4.78 is 17.7. The highest BCUT2D eigenvalue weighted by atomic mass is 16.7. The number of unbranched alkanes of at least 4 members (excludes halogenated alkanes) is 41. The number of hydrogen-bond donors (Lipinski definition) is 6. The van der Waals surface area contributed by atoms with Crippen molar-refractivity contribution in [1.29, 1.82) is 0 Å². The van der Waals surface area contributed by atoms with E-state index in [1.54, 1.807) is 6.08 Å². The molecular formula is C69H129NO10. The van der Waals surface area contributed by atoms with Crippen LogP contribution in [0.5, 0.6) is 0 Å². The molecule has 1 fully saturated rings. The fourth-order valence-corrected chi connectivity index (χ4v) is 10.8. The van der Waals surface area contributed by atoms with Gasteiger partial charge in [0, 0.05) is 6.42 Å². The van der Waals surface area contributed by atoms with Gasteiger partial charge in [-0.05, 0) is 77.0 Å². The third-order valence-electron chi connectivity index (χ3n) is 16.3. The van der Waals surface area contributed by atoms with Crippen molar-refractivity contribution in [2.24, 2.45) is 0 Å². The zero-order valence-corrected chi connectivity index (χ0v) is 52.2. The average Bonchev–Trinajstić information content (AvgIpc) is 3.46. The molecule has 80 heavy (non-hydrogen) atoms. The van der Waals surface area contributed by atoms with Gasteiger partial charge in [0.1, 0.15) is 24.4 Å². The van der Waals surface area contributed by atoms with E-state index in [2.05, 4.69) is 50.4 Å². The normalized spacial score (nSPS) is 18.9. The molecule has 0 aromatic rings. The minimum Gasteiger partial charge on any atom is -0.454 e. The first-order valence-corrected chi connectivity index (χ1v) is 34.3. The van der Waals surface area contributed by atoms with Gasteiger partial charge in [0.15, 0.2) is 12.4 Å². The maximum Gasteiger partial charge on any atom is 0.306 e. The van der Waals surface area contributed by atoms with Crippen LogP contribution in [0.2, 0.25) is 0 Å². The van der Waals surface area contributed by atoms with Crippen LogP contribution in [0.4, 0.5) is 0 Å². The molecule has 8 atom stereocenters. The van der Waals surface area contributed by atoms with Crippen LogP contribution in [-0.2, 0) is 23.8 Å². The molecule has 0 aromatic heterocycles. The number of allylic oxidation sites excluding steroid dienone is 5. The Kier molecular flexibility index (Phi) is 54.4. The summed E-state index contributed by atoms with van der Waals surface area (Å²) >= 11 is 0. The number of carbonyl (C=O) groups excluding carboxylic acids is 2. The van der Waals surface area contributed by atoms with Crippen molar-refractivity contribution in [1.82, 2.24) is 5.32 Å². The SMILES string of the molecule is CCCCCCCC/C=C\CCCCC(O)C(=O)NC(COC1OC(CO)C(O)C(O)C1OC(=O)CCCCCCCCCCCCCCCCCCC/C=C/CCCCCCCC)C(O)/C=C/CCCCCCCCCCCC. The fourth-order valence-electron chi connectivity index (χ4n) is 10.8. The Hall–Kier alpha value is -2.12. The van der Waals surface area contributed by atoms with Crippen molar-refractivity contribution in [3.63, 3.8) is 0 Å². The lowest BCUT2D eigenvalue weighted by Crippen LogP contribution is -2.61. The molecule has 0 spiro atoms. The summed E-state index contributed by atoms with van der Waals surface area (Å²) in [5, 5.41) is 57.0. The van der Waals surface area contributed by atoms with Gasteiger partial charge in [0.05, 0.1) is 25.4 Å². The third kappa shape index (κ3) is 44.4. The van der Waals surface area contributed by atoms with Gasteiger partial charge >= 0.3 is 5.97 Å². The molecule has 1 amide bonds. The minimum absolute atomic E-state index is 0.126. The van der Waals surface area contributed by atoms with Crippen LogP contribution in [-0.4, -0.2) is 99.6 Å². The van der Waals surface area contributed by atoms with E-state index in [0.717, 1.165) is 57.8 Å². The summed E-state index contributed by atoms with van der Waals surface area (Å²) in [6.07, 6.45) is 59.2. The second kappa shape index (κ2) is 57.3. The van der Waals surface area contributed by atoms with E-state index in [1.165, 1.54) is 225 Å². The lowest BCUT2D eigenvalue weighted by molar-refractivity contribution is -0.305. The van der Waals surface area contributed by atoms with Crippen molar-refractivity contribution < 1.29 is 49.3 Å². The molecule has 470 valence electrons. The van der Waals surface area contributed by atoms with E-state index >= 15 is 0 Å². The van der Waals surface area contributed by atoms with Gasteiger partial charge in [-0.2, -0.15) is 0 Å². The molecule has 1 saturated heterocycles. The second-order valence-electron chi connectivity index (χ2n) is 23.9. The first-order valence-electron chi connectivity index (χ1n) is 34.3. The maximum absolute atomic E-state index is 13.4. The number of carbonyl (C=O) groups is 2. The number of ether oxygens (including phenoxy) is 3. The summed E-state index contributed by atoms with van der Waals surface area (Å²) in [6.45, 7) is 5.79. The van der Waals surface area contributed by atoms with Gasteiger partial charge in [-0.3, -0.25) is 9.59 Å². The Morgan fingerprint density at radius 3 is 1.21 bits per heavy atom. The highest BCUT2D eigenvalue weighted by molar-refractivity contribution is 5.80. The lowest BCUT2D eigenvalue weighted by atomic mass is 9.99. The molecule has 1 rings (SSSR count). The van der Waals surface area contributed by atoms with E-state index in [4.69, 9.17) is 14.2 Å². The predicted molar refractivity (Wildman–Crippen MR) is 334 cm³/mol. The van der Waals surface area contributed by atoms with Crippen molar-refractivity contribution >= 4 is 11.9 Å². The molecule has 8 unspecified atom stereocenters. The van der Waals surface area contributed by atoms with E-state index in [-0.39, 0.29) is 19.4 Å². The zero-order valence-electron chi connectivity index (χ0n) is 52.2.